The topological polar surface area (TPSA) is 89.3 Å². The van der Waals surface area contributed by atoms with E-state index in [0.29, 0.717) is 28.8 Å². The van der Waals surface area contributed by atoms with E-state index in [-0.39, 0.29) is 12.0 Å². The Morgan fingerprint density at radius 3 is 2.66 bits per heavy atom. The number of hydrogen-bond acceptors (Lipinski definition) is 6. The van der Waals surface area contributed by atoms with Crippen LogP contribution in [0.3, 0.4) is 0 Å². The first-order chi connectivity index (χ1) is 15.5. The first-order valence-electron chi connectivity index (χ1n) is 10.3. The van der Waals surface area contributed by atoms with Gasteiger partial charge in [-0.2, -0.15) is 0 Å². The van der Waals surface area contributed by atoms with Gasteiger partial charge in [0.1, 0.15) is 5.75 Å². The molecule has 0 aliphatic heterocycles. The quantitative estimate of drug-likeness (QED) is 0.385. The molecule has 7 nitrogen and oxygen atoms in total. The van der Waals surface area contributed by atoms with Gasteiger partial charge < -0.3 is 19.8 Å². The van der Waals surface area contributed by atoms with Crippen LogP contribution in [0.4, 0.5) is 17.4 Å². The number of nitrogens with one attached hydrogen (secondary N) is 2. The van der Waals surface area contributed by atoms with Crippen molar-refractivity contribution in [3.05, 3.63) is 84.3 Å². The molecule has 0 aliphatic carbocycles. The third kappa shape index (κ3) is 5.13. The summed E-state index contributed by atoms with van der Waals surface area (Å²) in [5.74, 6) is 1.08. The SMILES string of the molecule is Cc1ccc(NC(=O)c2cccc(OC(C)C)c2)cc1Nc1ncc(-c2ccncc2)o1. The maximum atomic E-state index is 12.7. The van der Waals surface area contributed by atoms with Crippen molar-refractivity contribution in [3.8, 4) is 17.1 Å². The highest BCUT2D eigenvalue weighted by molar-refractivity contribution is 6.04. The van der Waals surface area contributed by atoms with Crippen molar-refractivity contribution in [2.45, 2.75) is 26.9 Å². The van der Waals surface area contributed by atoms with Gasteiger partial charge in [-0.25, -0.2) is 4.98 Å². The zero-order valence-corrected chi connectivity index (χ0v) is 18.1. The lowest BCUT2D eigenvalue weighted by Crippen LogP contribution is -2.13. The first kappa shape index (κ1) is 21.1. The van der Waals surface area contributed by atoms with Crippen molar-refractivity contribution < 1.29 is 13.9 Å². The average Bonchev–Trinajstić information content (AvgIpc) is 3.25. The zero-order chi connectivity index (χ0) is 22.5. The summed E-state index contributed by atoms with van der Waals surface area (Å²) >= 11 is 0. The molecule has 0 radical (unpaired) electrons. The number of pyridine rings is 1. The smallest absolute Gasteiger partial charge is 0.299 e. The molecular weight excluding hydrogens is 404 g/mol. The molecule has 0 spiro atoms. The minimum Gasteiger partial charge on any atom is -0.491 e. The van der Waals surface area contributed by atoms with Crippen LogP contribution < -0.4 is 15.4 Å². The van der Waals surface area contributed by atoms with Crippen LogP contribution >= 0.6 is 0 Å². The van der Waals surface area contributed by atoms with Gasteiger partial charge >= 0.3 is 0 Å². The number of benzene rings is 2. The van der Waals surface area contributed by atoms with Gasteiger partial charge in [0, 0.05) is 34.9 Å². The molecule has 0 aliphatic rings. The highest BCUT2D eigenvalue weighted by atomic mass is 16.5. The third-order valence-corrected chi connectivity index (χ3v) is 4.68. The molecule has 0 saturated heterocycles. The Kier molecular flexibility index (Phi) is 6.17. The van der Waals surface area contributed by atoms with Crippen LogP contribution in [0, 0.1) is 6.92 Å². The number of hydrogen-bond donors (Lipinski definition) is 2. The minimum atomic E-state index is -0.217. The van der Waals surface area contributed by atoms with Gasteiger partial charge in [0.05, 0.1) is 12.3 Å². The van der Waals surface area contributed by atoms with E-state index in [1.807, 2.05) is 57.2 Å². The predicted octanol–water partition coefficient (Wildman–Crippen LogP) is 5.83. The highest BCUT2D eigenvalue weighted by Crippen LogP contribution is 2.27. The molecule has 2 aromatic heterocycles. The Morgan fingerprint density at radius 1 is 1.06 bits per heavy atom. The largest absolute Gasteiger partial charge is 0.491 e. The van der Waals surface area contributed by atoms with Crippen LogP contribution in [0.5, 0.6) is 5.75 Å². The number of rotatable bonds is 7. The standard InChI is InChI=1S/C25H24N4O3/c1-16(2)31-21-6-4-5-19(13-21)24(30)28-20-8-7-17(3)22(14-20)29-25-27-15-23(32-25)18-9-11-26-12-10-18/h4-16H,1-3H3,(H,27,29)(H,28,30). The molecule has 0 bridgehead atoms. The Morgan fingerprint density at radius 2 is 1.88 bits per heavy atom. The number of aryl methyl sites for hydroxylation is 1. The summed E-state index contributed by atoms with van der Waals surface area (Å²) in [6.45, 7) is 5.86. The summed E-state index contributed by atoms with van der Waals surface area (Å²) < 4.78 is 11.5. The molecule has 0 unspecified atom stereocenters. The van der Waals surface area contributed by atoms with Crippen LogP contribution in [-0.4, -0.2) is 22.0 Å². The lowest BCUT2D eigenvalue weighted by atomic mass is 10.1. The van der Waals surface area contributed by atoms with Crippen molar-refractivity contribution in [1.82, 2.24) is 9.97 Å². The number of anilines is 3. The van der Waals surface area contributed by atoms with E-state index in [9.17, 15) is 4.79 Å². The van der Waals surface area contributed by atoms with Gasteiger partial charge in [-0.3, -0.25) is 9.78 Å². The molecule has 2 N–H and O–H groups in total. The number of aromatic nitrogens is 2. The lowest BCUT2D eigenvalue weighted by molar-refractivity contribution is 0.102. The second-order valence-electron chi connectivity index (χ2n) is 7.57. The fourth-order valence-electron chi connectivity index (χ4n) is 3.12. The summed E-state index contributed by atoms with van der Waals surface area (Å²) in [4.78, 5) is 21.1. The van der Waals surface area contributed by atoms with E-state index < -0.39 is 0 Å². The number of carbonyl (C=O) groups is 1. The van der Waals surface area contributed by atoms with E-state index in [2.05, 4.69) is 20.6 Å². The molecule has 4 aromatic rings. The molecular formula is C25H24N4O3. The zero-order valence-electron chi connectivity index (χ0n) is 18.1. The van der Waals surface area contributed by atoms with Crippen molar-refractivity contribution in [2.24, 2.45) is 0 Å². The summed E-state index contributed by atoms with van der Waals surface area (Å²) in [6, 6.07) is 16.8. The molecule has 4 rings (SSSR count). The van der Waals surface area contributed by atoms with Crippen LogP contribution in [0.15, 0.2) is 77.6 Å². The normalized spacial score (nSPS) is 10.8. The van der Waals surface area contributed by atoms with Crippen LogP contribution in [0.2, 0.25) is 0 Å². The summed E-state index contributed by atoms with van der Waals surface area (Å²) in [5, 5.41) is 6.11. The molecule has 0 fully saturated rings. The molecule has 32 heavy (non-hydrogen) atoms. The van der Waals surface area contributed by atoms with Gasteiger partial charge in [0.25, 0.3) is 11.9 Å². The van der Waals surface area contributed by atoms with Gasteiger partial charge in [-0.15, -0.1) is 0 Å². The van der Waals surface area contributed by atoms with E-state index in [4.69, 9.17) is 9.15 Å². The summed E-state index contributed by atoms with van der Waals surface area (Å²) in [6.07, 6.45) is 5.09. The molecule has 7 heteroatoms. The van der Waals surface area contributed by atoms with Crippen LogP contribution in [-0.2, 0) is 0 Å². The first-order valence-corrected chi connectivity index (χ1v) is 10.3. The Labute approximate surface area is 186 Å². The number of ether oxygens (including phenoxy) is 1. The summed E-state index contributed by atoms with van der Waals surface area (Å²) in [5.41, 5.74) is 3.83. The van der Waals surface area contributed by atoms with Crippen molar-refractivity contribution in [3.63, 3.8) is 0 Å². The second-order valence-corrected chi connectivity index (χ2v) is 7.57. The molecule has 0 saturated carbocycles. The van der Waals surface area contributed by atoms with Crippen LogP contribution in [0.25, 0.3) is 11.3 Å². The highest BCUT2D eigenvalue weighted by Gasteiger charge is 2.11. The fraction of sp³-hybridized carbons (Fsp3) is 0.160. The van der Waals surface area contributed by atoms with Crippen molar-refractivity contribution >= 4 is 23.3 Å². The van der Waals surface area contributed by atoms with Gasteiger partial charge in [0.15, 0.2) is 5.76 Å². The molecule has 162 valence electrons. The Balaban J connectivity index is 1.48. The van der Waals surface area contributed by atoms with E-state index in [0.717, 1.165) is 16.8 Å². The average molecular weight is 428 g/mol. The monoisotopic (exact) mass is 428 g/mol. The Bertz CT molecular complexity index is 1220. The molecule has 1 amide bonds. The second kappa shape index (κ2) is 9.34. The predicted molar refractivity (Wildman–Crippen MR) is 124 cm³/mol. The Hall–Kier alpha value is -4.13. The third-order valence-electron chi connectivity index (χ3n) is 4.68. The number of carbonyl (C=O) groups excluding carboxylic acids is 1. The van der Waals surface area contributed by atoms with Crippen molar-refractivity contribution in [1.29, 1.82) is 0 Å². The fourth-order valence-corrected chi connectivity index (χ4v) is 3.12. The van der Waals surface area contributed by atoms with Gasteiger partial charge in [-0.1, -0.05) is 12.1 Å². The minimum absolute atomic E-state index is 0.0355. The number of nitrogens with zero attached hydrogens (tertiary/aromatic N) is 2. The summed E-state index contributed by atoms with van der Waals surface area (Å²) in [7, 11) is 0. The molecule has 0 atom stereocenters. The lowest BCUT2D eigenvalue weighted by Gasteiger charge is -2.12. The van der Waals surface area contributed by atoms with Gasteiger partial charge in [0.2, 0.25) is 0 Å². The number of oxazole rings is 1. The van der Waals surface area contributed by atoms with Crippen LogP contribution in [0.1, 0.15) is 29.8 Å². The van der Waals surface area contributed by atoms with Gasteiger partial charge in [-0.05, 0) is 68.8 Å². The molecule has 2 aromatic carbocycles. The van der Waals surface area contributed by atoms with E-state index in [1.165, 1.54) is 0 Å². The maximum Gasteiger partial charge on any atom is 0.299 e. The number of amides is 1. The molecule has 2 heterocycles. The van der Waals surface area contributed by atoms with E-state index in [1.54, 1.807) is 36.8 Å². The maximum absolute atomic E-state index is 12.7. The van der Waals surface area contributed by atoms with E-state index >= 15 is 0 Å². The van der Waals surface area contributed by atoms with Crippen molar-refractivity contribution in [2.75, 3.05) is 10.6 Å².